The SMILES string of the molecule is CC(=O)N1CCCC1C(=O)N(Cc1c(-c2ccccc2)noc1C)Cc1nccn1C. The highest BCUT2D eigenvalue weighted by Gasteiger charge is 2.36. The summed E-state index contributed by atoms with van der Waals surface area (Å²) in [6, 6.07) is 9.34. The molecule has 4 rings (SSSR count). The lowest BCUT2D eigenvalue weighted by molar-refractivity contribution is -0.143. The zero-order valence-electron chi connectivity index (χ0n) is 18.1. The summed E-state index contributed by atoms with van der Waals surface area (Å²) >= 11 is 0. The maximum atomic E-state index is 13.6. The molecule has 3 aromatic rings. The van der Waals surface area contributed by atoms with Crippen LogP contribution in [-0.4, -0.2) is 48.9 Å². The van der Waals surface area contributed by atoms with Gasteiger partial charge in [-0.1, -0.05) is 35.5 Å². The molecule has 2 amide bonds. The first kappa shape index (κ1) is 20.8. The van der Waals surface area contributed by atoms with Gasteiger partial charge in [0.15, 0.2) is 0 Å². The Morgan fingerprint density at radius 1 is 1.23 bits per heavy atom. The highest BCUT2D eigenvalue weighted by molar-refractivity contribution is 5.87. The second-order valence-electron chi connectivity index (χ2n) is 7.95. The molecular formula is C23H27N5O3. The van der Waals surface area contributed by atoms with Crippen molar-refractivity contribution in [2.75, 3.05) is 6.54 Å². The van der Waals surface area contributed by atoms with Gasteiger partial charge in [-0.05, 0) is 19.8 Å². The minimum absolute atomic E-state index is 0.0704. The molecule has 0 radical (unpaired) electrons. The van der Waals surface area contributed by atoms with Crippen molar-refractivity contribution >= 4 is 11.8 Å². The van der Waals surface area contributed by atoms with Gasteiger partial charge in [0, 0.05) is 44.0 Å². The Kier molecular flexibility index (Phi) is 5.88. The first-order valence-corrected chi connectivity index (χ1v) is 10.5. The van der Waals surface area contributed by atoms with Crippen molar-refractivity contribution in [1.29, 1.82) is 0 Å². The monoisotopic (exact) mass is 421 g/mol. The molecule has 1 saturated heterocycles. The fourth-order valence-corrected chi connectivity index (χ4v) is 4.13. The smallest absolute Gasteiger partial charge is 0.246 e. The first-order chi connectivity index (χ1) is 15.0. The fraction of sp³-hybridized carbons (Fsp3) is 0.391. The van der Waals surface area contributed by atoms with Crippen LogP contribution in [0.3, 0.4) is 0 Å². The molecular weight excluding hydrogens is 394 g/mol. The van der Waals surface area contributed by atoms with Crippen molar-refractivity contribution in [2.24, 2.45) is 7.05 Å². The van der Waals surface area contributed by atoms with Crippen LogP contribution in [0.4, 0.5) is 0 Å². The summed E-state index contributed by atoms with van der Waals surface area (Å²) in [7, 11) is 1.91. The molecule has 162 valence electrons. The number of hydrogen-bond acceptors (Lipinski definition) is 5. The zero-order chi connectivity index (χ0) is 22.0. The van der Waals surface area contributed by atoms with Gasteiger partial charge >= 0.3 is 0 Å². The number of benzene rings is 1. The molecule has 1 aromatic carbocycles. The summed E-state index contributed by atoms with van der Waals surface area (Å²) in [5, 5.41) is 4.26. The molecule has 1 fully saturated rings. The first-order valence-electron chi connectivity index (χ1n) is 10.5. The van der Waals surface area contributed by atoms with Crippen molar-refractivity contribution in [3.8, 4) is 11.3 Å². The Morgan fingerprint density at radius 3 is 2.68 bits per heavy atom. The minimum atomic E-state index is -0.446. The third-order valence-corrected chi connectivity index (χ3v) is 5.89. The highest BCUT2D eigenvalue weighted by Crippen LogP contribution is 2.28. The minimum Gasteiger partial charge on any atom is -0.361 e. The predicted molar refractivity (Wildman–Crippen MR) is 115 cm³/mol. The molecule has 31 heavy (non-hydrogen) atoms. The number of carbonyl (C=O) groups excluding carboxylic acids is 2. The van der Waals surface area contributed by atoms with Crippen LogP contribution in [0.1, 0.15) is 36.9 Å². The van der Waals surface area contributed by atoms with Crippen LogP contribution in [0.5, 0.6) is 0 Å². The molecule has 0 saturated carbocycles. The molecule has 0 aliphatic carbocycles. The Morgan fingerprint density at radius 2 is 2.00 bits per heavy atom. The Hall–Kier alpha value is -3.42. The summed E-state index contributed by atoms with van der Waals surface area (Å²) < 4.78 is 7.40. The highest BCUT2D eigenvalue weighted by atomic mass is 16.5. The number of aryl methyl sites for hydroxylation is 2. The molecule has 1 aliphatic heterocycles. The number of imidazole rings is 1. The molecule has 2 aromatic heterocycles. The average molecular weight is 422 g/mol. The lowest BCUT2D eigenvalue weighted by atomic mass is 10.1. The summed E-state index contributed by atoms with van der Waals surface area (Å²) in [4.78, 5) is 33.5. The van der Waals surface area contributed by atoms with Gasteiger partial charge in [0.05, 0.1) is 13.1 Å². The standard InChI is InChI=1S/C23H27N5O3/c1-16-19(22(25-31-16)18-8-5-4-6-9-18)14-27(15-21-24-11-13-26(21)3)23(30)20-10-7-12-28(20)17(2)29/h4-6,8-9,11,13,20H,7,10,12,14-15H2,1-3H3. The fourth-order valence-electron chi connectivity index (χ4n) is 4.13. The van der Waals surface area contributed by atoms with Crippen LogP contribution in [0, 0.1) is 6.92 Å². The second kappa shape index (κ2) is 8.75. The van der Waals surface area contributed by atoms with E-state index in [4.69, 9.17) is 4.52 Å². The van der Waals surface area contributed by atoms with Gasteiger partial charge in [0.2, 0.25) is 11.8 Å². The summed E-state index contributed by atoms with van der Waals surface area (Å²) in [5.41, 5.74) is 2.52. The van der Waals surface area contributed by atoms with Gasteiger partial charge in [-0.25, -0.2) is 4.98 Å². The van der Waals surface area contributed by atoms with Crippen LogP contribution in [0.25, 0.3) is 11.3 Å². The average Bonchev–Trinajstić information content (AvgIpc) is 3.49. The van der Waals surface area contributed by atoms with Crippen molar-refractivity contribution < 1.29 is 14.1 Å². The summed E-state index contributed by atoms with van der Waals surface area (Å²) in [6.07, 6.45) is 5.07. The van der Waals surface area contributed by atoms with E-state index in [1.807, 2.05) is 55.1 Å². The number of aromatic nitrogens is 3. The number of carbonyl (C=O) groups is 2. The number of amides is 2. The van der Waals surface area contributed by atoms with Gasteiger partial charge in [0.25, 0.3) is 0 Å². The molecule has 0 N–H and O–H groups in total. The molecule has 1 unspecified atom stereocenters. The Balaban J connectivity index is 1.68. The largest absolute Gasteiger partial charge is 0.361 e. The summed E-state index contributed by atoms with van der Waals surface area (Å²) in [5.74, 6) is 1.30. The Labute approximate surface area is 181 Å². The number of nitrogens with zero attached hydrogens (tertiary/aromatic N) is 5. The maximum Gasteiger partial charge on any atom is 0.246 e. The van der Waals surface area contributed by atoms with Crippen molar-refractivity contribution in [2.45, 2.75) is 45.8 Å². The van der Waals surface area contributed by atoms with E-state index in [0.29, 0.717) is 31.8 Å². The van der Waals surface area contributed by atoms with Crippen molar-refractivity contribution in [3.05, 3.63) is 59.9 Å². The van der Waals surface area contributed by atoms with Crippen molar-refractivity contribution in [1.82, 2.24) is 24.5 Å². The quantitative estimate of drug-likeness (QED) is 0.611. The maximum absolute atomic E-state index is 13.6. The van der Waals surface area contributed by atoms with E-state index in [1.165, 1.54) is 6.92 Å². The van der Waals surface area contributed by atoms with E-state index < -0.39 is 6.04 Å². The third-order valence-electron chi connectivity index (χ3n) is 5.89. The topological polar surface area (TPSA) is 84.5 Å². The van der Waals surface area contributed by atoms with Crippen LogP contribution >= 0.6 is 0 Å². The molecule has 0 spiro atoms. The Bertz CT molecular complexity index is 1070. The zero-order valence-corrected chi connectivity index (χ0v) is 18.1. The van der Waals surface area contributed by atoms with E-state index in [9.17, 15) is 9.59 Å². The van der Waals surface area contributed by atoms with Gasteiger partial charge in [0.1, 0.15) is 23.3 Å². The predicted octanol–water partition coefficient (Wildman–Crippen LogP) is 2.92. The van der Waals surface area contributed by atoms with Gasteiger partial charge in [-0.2, -0.15) is 0 Å². The molecule has 1 aliphatic rings. The van der Waals surface area contributed by atoms with Crippen molar-refractivity contribution in [3.63, 3.8) is 0 Å². The van der Waals surface area contributed by atoms with E-state index in [-0.39, 0.29) is 11.8 Å². The van der Waals surface area contributed by atoms with E-state index in [0.717, 1.165) is 29.1 Å². The van der Waals surface area contributed by atoms with Crippen LogP contribution in [0.15, 0.2) is 47.2 Å². The number of hydrogen-bond donors (Lipinski definition) is 0. The lowest BCUT2D eigenvalue weighted by Gasteiger charge is -2.30. The van der Waals surface area contributed by atoms with Gasteiger partial charge in [-0.3, -0.25) is 9.59 Å². The molecule has 8 heteroatoms. The molecule has 0 bridgehead atoms. The van der Waals surface area contributed by atoms with E-state index in [2.05, 4.69) is 10.1 Å². The van der Waals surface area contributed by atoms with E-state index >= 15 is 0 Å². The number of rotatable bonds is 6. The van der Waals surface area contributed by atoms with Crippen LogP contribution in [0.2, 0.25) is 0 Å². The van der Waals surface area contributed by atoms with Gasteiger partial charge < -0.3 is 18.9 Å². The van der Waals surface area contributed by atoms with Gasteiger partial charge in [-0.15, -0.1) is 0 Å². The lowest BCUT2D eigenvalue weighted by Crippen LogP contribution is -2.47. The number of likely N-dealkylation sites (tertiary alicyclic amines) is 1. The van der Waals surface area contributed by atoms with E-state index in [1.54, 1.807) is 16.0 Å². The molecule has 8 nitrogen and oxygen atoms in total. The van der Waals surface area contributed by atoms with Crippen LogP contribution in [-0.2, 0) is 29.7 Å². The third kappa shape index (κ3) is 4.23. The molecule has 1 atom stereocenters. The summed E-state index contributed by atoms with van der Waals surface area (Å²) in [6.45, 7) is 4.66. The second-order valence-corrected chi connectivity index (χ2v) is 7.95. The normalized spacial score (nSPS) is 16.0. The van der Waals surface area contributed by atoms with Crippen LogP contribution < -0.4 is 0 Å². The molecule has 3 heterocycles.